The monoisotopic (exact) mass is 619 g/mol. The molecule has 1 saturated carbocycles. The van der Waals surface area contributed by atoms with Gasteiger partial charge in [0.2, 0.25) is 30.1 Å². The molecule has 0 spiro atoms. The zero-order valence-corrected chi connectivity index (χ0v) is 25.9. The minimum atomic E-state index is -4.10. The average Bonchev–Trinajstić information content (AvgIpc) is 2.92. The third-order valence-corrected chi connectivity index (χ3v) is 12.2. The summed E-state index contributed by atoms with van der Waals surface area (Å²) in [6, 6.07) is 17.9. The molecule has 0 bridgehead atoms. The second kappa shape index (κ2) is 12.7. The Kier molecular flexibility index (Phi) is 9.72. The van der Waals surface area contributed by atoms with Crippen LogP contribution >= 0.6 is 0 Å². The lowest BCUT2D eigenvalue weighted by Crippen LogP contribution is -2.56. The number of nitrogens with one attached hydrogen (secondary N) is 2. The summed E-state index contributed by atoms with van der Waals surface area (Å²) in [5, 5.41) is 0. The minimum absolute atomic E-state index is 0.0650. The Morgan fingerprint density at radius 1 is 0.634 bits per heavy atom. The summed E-state index contributed by atoms with van der Waals surface area (Å²) in [7, 11) is -11.9. The van der Waals surface area contributed by atoms with Crippen LogP contribution < -0.4 is 9.44 Å². The maximum Gasteiger partial charge on any atom is 0.243 e. The zero-order valence-electron chi connectivity index (χ0n) is 23.4. The first kappa shape index (κ1) is 31.3. The van der Waals surface area contributed by atoms with Gasteiger partial charge in [0.05, 0.1) is 14.7 Å². The Balaban J connectivity index is 1.63. The Morgan fingerprint density at radius 2 is 1.07 bits per heavy atom. The van der Waals surface area contributed by atoms with Crippen molar-refractivity contribution in [1.29, 1.82) is 0 Å². The molecule has 9 nitrogen and oxygen atoms in total. The fourth-order valence-corrected chi connectivity index (χ4v) is 9.00. The van der Waals surface area contributed by atoms with Crippen molar-refractivity contribution < 1.29 is 25.3 Å². The van der Waals surface area contributed by atoms with E-state index in [1.165, 1.54) is 40.7 Å². The molecular formula is C29H37N3O6S3. The van der Waals surface area contributed by atoms with E-state index >= 15 is 0 Å². The molecule has 1 fully saturated rings. The van der Waals surface area contributed by atoms with Gasteiger partial charge < -0.3 is 0 Å². The molecule has 2 atom stereocenters. The fourth-order valence-electron chi connectivity index (χ4n) is 4.98. The number of nitrogens with zero attached hydrogens (tertiary/aromatic N) is 1. The molecule has 0 heterocycles. The van der Waals surface area contributed by atoms with Crippen molar-refractivity contribution in [2.24, 2.45) is 0 Å². The summed E-state index contributed by atoms with van der Waals surface area (Å²) in [6.07, 6.45) is 2.32. The number of hydrogen-bond donors (Lipinski definition) is 2. The highest BCUT2D eigenvalue weighted by Crippen LogP contribution is 2.29. The third kappa shape index (κ3) is 7.62. The SMILES string of the molecule is Cc1ccc(S(=O)(=O)NCCN([C@@H]2CCCC[C@H]2NS(=O)(=O)c2ccc(C)cc2)S(=O)(=O)c2ccc(C)cc2)cc1. The zero-order chi connectivity index (χ0) is 29.8. The van der Waals surface area contributed by atoms with Crippen LogP contribution in [0.1, 0.15) is 42.4 Å². The van der Waals surface area contributed by atoms with Crippen molar-refractivity contribution in [3.05, 3.63) is 89.5 Å². The number of hydrogen-bond acceptors (Lipinski definition) is 6. The first-order valence-corrected chi connectivity index (χ1v) is 17.9. The Morgan fingerprint density at radius 3 is 1.59 bits per heavy atom. The van der Waals surface area contributed by atoms with Crippen molar-refractivity contribution in [3.63, 3.8) is 0 Å². The standard InChI is InChI=1S/C29H37N3O6S3/c1-22-8-14-25(15-9-22)39(33,34)30-20-21-32(41(37,38)27-18-12-24(3)13-19-27)29-7-5-4-6-28(29)31-40(35,36)26-16-10-23(2)11-17-26/h8-19,28-31H,4-7,20-21H2,1-3H3/t28-,29-/m1/s1. The largest absolute Gasteiger partial charge is 0.243 e. The van der Waals surface area contributed by atoms with E-state index in [2.05, 4.69) is 9.44 Å². The van der Waals surface area contributed by atoms with Gasteiger partial charge in [0.1, 0.15) is 0 Å². The van der Waals surface area contributed by atoms with E-state index in [4.69, 9.17) is 0 Å². The van der Waals surface area contributed by atoms with E-state index < -0.39 is 42.2 Å². The fraction of sp³-hybridized carbons (Fsp3) is 0.379. The van der Waals surface area contributed by atoms with Gasteiger partial charge in [-0.05, 0) is 70.0 Å². The van der Waals surface area contributed by atoms with Gasteiger partial charge in [-0.3, -0.25) is 0 Å². The summed E-state index contributed by atoms with van der Waals surface area (Å²) in [5.74, 6) is 0. The molecule has 3 aromatic carbocycles. The number of rotatable bonds is 11. The smallest absolute Gasteiger partial charge is 0.210 e. The molecule has 0 saturated heterocycles. The van der Waals surface area contributed by atoms with Crippen LogP contribution in [0.3, 0.4) is 0 Å². The molecule has 222 valence electrons. The normalized spacial score (nSPS) is 18.4. The lowest BCUT2D eigenvalue weighted by atomic mass is 9.91. The second-order valence-corrected chi connectivity index (χ2v) is 15.9. The van der Waals surface area contributed by atoms with Crippen LogP contribution in [0.2, 0.25) is 0 Å². The summed E-state index contributed by atoms with van der Waals surface area (Å²) < 4.78 is 87.0. The Bertz CT molecular complexity index is 1650. The van der Waals surface area contributed by atoms with Crippen molar-refractivity contribution in [3.8, 4) is 0 Å². The minimum Gasteiger partial charge on any atom is -0.210 e. The summed E-state index contributed by atoms with van der Waals surface area (Å²) in [6.45, 7) is 5.21. The topological polar surface area (TPSA) is 130 Å². The lowest BCUT2D eigenvalue weighted by Gasteiger charge is -2.39. The van der Waals surface area contributed by atoms with Crippen molar-refractivity contribution in [2.75, 3.05) is 13.1 Å². The van der Waals surface area contributed by atoms with E-state index in [-0.39, 0.29) is 27.8 Å². The van der Waals surface area contributed by atoms with E-state index in [0.717, 1.165) is 23.1 Å². The molecule has 3 aromatic rings. The lowest BCUT2D eigenvalue weighted by molar-refractivity contribution is 0.216. The van der Waals surface area contributed by atoms with E-state index in [9.17, 15) is 25.3 Å². The van der Waals surface area contributed by atoms with Gasteiger partial charge in [0.15, 0.2) is 0 Å². The first-order chi connectivity index (χ1) is 19.3. The van der Waals surface area contributed by atoms with Crippen LogP contribution in [-0.2, 0) is 30.1 Å². The maximum atomic E-state index is 14.0. The molecule has 41 heavy (non-hydrogen) atoms. The summed E-state index contributed by atoms with van der Waals surface area (Å²) in [5.41, 5.74) is 2.72. The van der Waals surface area contributed by atoms with Gasteiger partial charge in [0, 0.05) is 25.2 Å². The van der Waals surface area contributed by atoms with Gasteiger partial charge in [0.25, 0.3) is 0 Å². The average molecular weight is 620 g/mol. The van der Waals surface area contributed by atoms with Crippen LogP contribution in [0.15, 0.2) is 87.5 Å². The van der Waals surface area contributed by atoms with E-state index in [1.807, 2.05) is 20.8 Å². The van der Waals surface area contributed by atoms with Crippen molar-refractivity contribution in [1.82, 2.24) is 13.7 Å². The predicted octanol–water partition coefficient (Wildman–Crippen LogP) is 3.87. The van der Waals surface area contributed by atoms with Crippen LogP contribution in [0.25, 0.3) is 0 Å². The van der Waals surface area contributed by atoms with Crippen molar-refractivity contribution >= 4 is 30.1 Å². The van der Waals surface area contributed by atoms with Crippen LogP contribution in [0.5, 0.6) is 0 Å². The quantitative estimate of drug-likeness (QED) is 0.335. The number of aryl methyl sites for hydroxylation is 3. The number of sulfonamides is 3. The second-order valence-electron chi connectivity index (χ2n) is 10.5. The highest BCUT2D eigenvalue weighted by molar-refractivity contribution is 7.90. The molecule has 0 unspecified atom stereocenters. The Hall–Kier alpha value is -2.61. The van der Waals surface area contributed by atoms with Gasteiger partial charge in [-0.25, -0.2) is 34.7 Å². The molecule has 2 N–H and O–H groups in total. The molecular weight excluding hydrogens is 583 g/mol. The Labute approximate surface area is 244 Å². The summed E-state index contributed by atoms with van der Waals surface area (Å²) in [4.78, 5) is 0.249. The predicted molar refractivity (Wildman–Crippen MR) is 159 cm³/mol. The molecule has 0 amide bonds. The van der Waals surface area contributed by atoms with Crippen molar-refractivity contribution in [2.45, 2.75) is 73.2 Å². The molecule has 1 aliphatic carbocycles. The van der Waals surface area contributed by atoms with Crippen LogP contribution in [-0.4, -0.2) is 54.7 Å². The van der Waals surface area contributed by atoms with Crippen LogP contribution in [0.4, 0.5) is 0 Å². The molecule has 0 aliphatic heterocycles. The molecule has 1 aliphatic rings. The first-order valence-electron chi connectivity index (χ1n) is 13.5. The highest BCUT2D eigenvalue weighted by Gasteiger charge is 2.39. The molecule has 12 heteroatoms. The van der Waals surface area contributed by atoms with Gasteiger partial charge in [-0.15, -0.1) is 0 Å². The number of benzene rings is 3. The van der Waals surface area contributed by atoms with Crippen LogP contribution in [0, 0.1) is 20.8 Å². The van der Waals surface area contributed by atoms with Gasteiger partial charge in [-0.2, -0.15) is 4.31 Å². The highest BCUT2D eigenvalue weighted by atomic mass is 32.2. The molecule has 0 radical (unpaired) electrons. The maximum absolute atomic E-state index is 14.0. The van der Waals surface area contributed by atoms with E-state index in [1.54, 1.807) is 36.4 Å². The summed E-state index contributed by atoms with van der Waals surface area (Å²) >= 11 is 0. The molecule has 4 rings (SSSR count). The van der Waals surface area contributed by atoms with Gasteiger partial charge >= 0.3 is 0 Å². The van der Waals surface area contributed by atoms with E-state index in [0.29, 0.717) is 19.3 Å². The van der Waals surface area contributed by atoms with Gasteiger partial charge in [-0.1, -0.05) is 65.9 Å². The third-order valence-electron chi connectivity index (χ3n) is 7.32. The molecule has 0 aromatic heterocycles.